The molecule has 2 aromatic rings. The molecular weight excluding hydrogens is 336 g/mol. The van der Waals surface area contributed by atoms with Gasteiger partial charge in [-0.25, -0.2) is 0 Å². The van der Waals surface area contributed by atoms with Crippen molar-refractivity contribution in [3.05, 3.63) is 48.3 Å². The van der Waals surface area contributed by atoms with E-state index >= 15 is 0 Å². The van der Waals surface area contributed by atoms with E-state index in [9.17, 15) is 4.79 Å². The van der Waals surface area contributed by atoms with Crippen LogP contribution in [0, 0.1) is 5.41 Å². The molecular formula is C19H27ClN4O. The zero-order chi connectivity index (χ0) is 16.8. The van der Waals surface area contributed by atoms with Crippen LogP contribution in [0.1, 0.15) is 44.1 Å². The van der Waals surface area contributed by atoms with Crippen LogP contribution >= 0.6 is 12.4 Å². The topological polar surface area (TPSA) is 72.9 Å². The summed E-state index contributed by atoms with van der Waals surface area (Å²) in [6.45, 7) is 1.33. The zero-order valence-electron chi connectivity index (χ0n) is 14.5. The first kappa shape index (κ1) is 19.5. The highest BCUT2D eigenvalue weighted by atomic mass is 35.5. The average molecular weight is 363 g/mol. The number of amides is 1. The predicted molar refractivity (Wildman–Crippen MR) is 103 cm³/mol. The highest BCUT2D eigenvalue weighted by Gasteiger charge is 2.32. The van der Waals surface area contributed by atoms with Crippen LogP contribution in [0.2, 0.25) is 0 Å². The Hall–Kier alpha value is -1.85. The van der Waals surface area contributed by atoms with E-state index in [1.165, 1.54) is 19.3 Å². The van der Waals surface area contributed by atoms with Crippen molar-refractivity contribution in [1.29, 1.82) is 0 Å². The van der Waals surface area contributed by atoms with Gasteiger partial charge in [-0.15, -0.1) is 12.4 Å². The van der Waals surface area contributed by atoms with Gasteiger partial charge in [0.1, 0.15) is 0 Å². The Labute approximate surface area is 155 Å². The molecule has 1 aliphatic carbocycles. The molecule has 0 atom stereocenters. The van der Waals surface area contributed by atoms with Gasteiger partial charge in [0.2, 0.25) is 5.91 Å². The number of aromatic nitrogens is 2. The monoisotopic (exact) mass is 362 g/mol. The van der Waals surface area contributed by atoms with E-state index in [1.807, 2.05) is 41.2 Å². The van der Waals surface area contributed by atoms with E-state index in [0.717, 1.165) is 30.6 Å². The minimum atomic E-state index is 0. The fourth-order valence-corrected chi connectivity index (χ4v) is 3.58. The van der Waals surface area contributed by atoms with Gasteiger partial charge < -0.3 is 11.1 Å². The van der Waals surface area contributed by atoms with Crippen molar-refractivity contribution in [2.75, 3.05) is 11.9 Å². The van der Waals surface area contributed by atoms with Crippen LogP contribution in [0.25, 0.3) is 0 Å². The number of hydrogen-bond acceptors (Lipinski definition) is 3. The molecule has 5 nitrogen and oxygen atoms in total. The molecule has 1 amide bonds. The van der Waals surface area contributed by atoms with Crippen LogP contribution < -0.4 is 11.1 Å². The van der Waals surface area contributed by atoms with Gasteiger partial charge in [-0.05, 0) is 48.6 Å². The number of hydrogen-bond donors (Lipinski definition) is 2. The van der Waals surface area contributed by atoms with E-state index in [0.29, 0.717) is 13.0 Å². The maximum Gasteiger partial charge on any atom is 0.224 e. The van der Waals surface area contributed by atoms with Gasteiger partial charge in [0, 0.05) is 24.5 Å². The minimum absolute atomic E-state index is 0. The van der Waals surface area contributed by atoms with E-state index < -0.39 is 0 Å². The quantitative estimate of drug-likeness (QED) is 0.824. The first-order valence-corrected chi connectivity index (χ1v) is 8.75. The molecule has 1 aromatic carbocycles. The molecule has 3 rings (SSSR count). The second-order valence-corrected chi connectivity index (χ2v) is 6.89. The fraction of sp³-hybridized carbons (Fsp3) is 0.474. The first-order valence-electron chi connectivity index (χ1n) is 8.75. The molecule has 1 heterocycles. The molecule has 136 valence electrons. The molecule has 1 fully saturated rings. The molecule has 0 saturated heterocycles. The van der Waals surface area contributed by atoms with Gasteiger partial charge in [0.15, 0.2) is 0 Å². The second-order valence-electron chi connectivity index (χ2n) is 6.89. The third-order valence-electron chi connectivity index (χ3n) is 5.02. The Morgan fingerprint density at radius 1 is 1.20 bits per heavy atom. The van der Waals surface area contributed by atoms with Crippen LogP contribution in [-0.4, -0.2) is 22.2 Å². The van der Waals surface area contributed by atoms with Crippen molar-refractivity contribution in [1.82, 2.24) is 9.78 Å². The lowest BCUT2D eigenvalue weighted by Crippen LogP contribution is -2.36. The van der Waals surface area contributed by atoms with Crippen LogP contribution in [0.15, 0.2) is 42.7 Å². The van der Waals surface area contributed by atoms with Gasteiger partial charge >= 0.3 is 0 Å². The number of nitrogens with two attached hydrogens (primary N) is 1. The Kier molecular flexibility index (Phi) is 7.02. The molecule has 1 saturated carbocycles. The van der Waals surface area contributed by atoms with Gasteiger partial charge in [0.25, 0.3) is 0 Å². The number of carbonyl (C=O) groups is 1. The van der Waals surface area contributed by atoms with Crippen molar-refractivity contribution in [2.45, 2.75) is 45.1 Å². The summed E-state index contributed by atoms with van der Waals surface area (Å²) in [6, 6.07) is 9.86. The van der Waals surface area contributed by atoms with Crippen LogP contribution in [-0.2, 0) is 11.3 Å². The third-order valence-corrected chi connectivity index (χ3v) is 5.02. The summed E-state index contributed by atoms with van der Waals surface area (Å²) in [5, 5.41) is 7.22. The molecule has 1 aliphatic rings. The van der Waals surface area contributed by atoms with Crippen molar-refractivity contribution in [3.63, 3.8) is 0 Å². The Balaban J connectivity index is 0.00000225. The third kappa shape index (κ3) is 5.31. The Bertz CT molecular complexity index is 649. The second kappa shape index (κ2) is 9.02. The molecule has 0 unspecified atom stereocenters. The van der Waals surface area contributed by atoms with Crippen molar-refractivity contribution in [2.24, 2.45) is 11.1 Å². The number of benzene rings is 1. The average Bonchev–Trinajstić information content (AvgIpc) is 3.10. The number of halogens is 1. The van der Waals surface area contributed by atoms with E-state index in [2.05, 4.69) is 10.4 Å². The van der Waals surface area contributed by atoms with Crippen molar-refractivity contribution in [3.8, 4) is 0 Å². The summed E-state index contributed by atoms with van der Waals surface area (Å²) in [7, 11) is 0. The molecule has 25 heavy (non-hydrogen) atoms. The molecule has 1 aromatic heterocycles. The van der Waals surface area contributed by atoms with Crippen LogP contribution in [0.5, 0.6) is 0 Å². The van der Waals surface area contributed by atoms with Crippen molar-refractivity contribution >= 4 is 24.0 Å². The first-order chi connectivity index (χ1) is 11.7. The standard InChI is InChI=1S/C19H26N4O.ClH/c20-15-19(9-2-1-3-10-19)13-18(24)22-17-7-5-16(6-8-17)14-23-12-4-11-21-23;/h4-8,11-12H,1-3,9-10,13-15,20H2,(H,22,24);1H. The minimum Gasteiger partial charge on any atom is -0.330 e. The van der Waals surface area contributed by atoms with Gasteiger partial charge in [0.05, 0.1) is 6.54 Å². The number of anilines is 1. The Morgan fingerprint density at radius 2 is 1.92 bits per heavy atom. The summed E-state index contributed by atoms with van der Waals surface area (Å²) < 4.78 is 1.88. The summed E-state index contributed by atoms with van der Waals surface area (Å²) >= 11 is 0. The lowest BCUT2D eigenvalue weighted by atomic mass is 9.71. The maximum absolute atomic E-state index is 12.4. The van der Waals surface area contributed by atoms with Gasteiger partial charge in [-0.2, -0.15) is 5.10 Å². The summed E-state index contributed by atoms with van der Waals surface area (Å²) in [6.07, 6.45) is 10.0. The molecule has 0 radical (unpaired) electrons. The van der Waals surface area contributed by atoms with E-state index in [4.69, 9.17) is 5.73 Å². The molecule has 0 spiro atoms. The molecule has 3 N–H and O–H groups in total. The summed E-state index contributed by atoms with van der Waals surface area (Å²) in [5.41, 5.74) is 7.97. The largest absolute Gasteiger partial charge is 0.330 e. The molecule has 0 bridgehead atoms. The number of nitrogens with one attached hydrogen (secondary N) is 1. The molecule has 0 aliphatic heterocycles. The lowest BCUT2D eigenvalue weighted by molar-refractivity contribution is -0.118. The number of rotatable bonds is 6. The highest BCUT2D eigenvalue weighted by molar-refractivity contribution is 5.91. The number of carbonyl (C=O) groups excluding carboxylic acids is 1. The summed E-state index contributed by atoms with van der Waals surface area (Å²) in [4.78, 5) is 12.4. The number of nitrogens with zero attached hydrogens (tertiary/aromatic N) is 2. The Morgan fingerprint density at radius 3 is 2.52 bits per heavy atom. The lowest BCUT2D eigenvalue weighted by Gasteiger charge is -2.35. The zero-order valence-corrected chi connectivity index (χ0v) is 15.3. The van der Waals surface area contributed by atoms with Gasteiger partial charge in [-0.3, -0.25) is 9.48 Å². The van der Waals surface area contributed by atoms with Crippen molar-refractivity contribution < 1.29 is 4.79 Å². The molecule has 6 heteroatoms. The summed E-state index contributed by atoms with van der Waals surface area (Å²) in [5.74, 6) is 0.0715. The van der Waals surface area contributed by atoms with E-state index in [-0.39, 0.29) is 23.7 Å². The van der Waals surface area contributed by atoms with Gasteiger partial charge in [-0.1, -0.05) is 31.4 Å². The highest BCUT2D eigenvalue weighted by Crippen LogP contribution is 2.38. The SMILES string of the molecule is Cl.NCC1(CC(=O)Nc2ccc(Cn3cccn3)cc2)CCCCC1. The normalized spacial score (nSPS) is 16.0. The van der Waals surface area contributed by atoms with E-state index in [1.54, 1.807) is 6.20 Å². The smallest absolute Gasteiger partial charge is 0.224 e. The maximum atomic E-state index is 12.4. The fourth-order valence-electron chi connectivity index (χ4n) is 3.58. The predicted octanol–water partition coefficient (Wildman–Crippen LogP) is 3.59. The van der Waals surface area contributed by atoms with Crippen LogP contribution in [0.4, 0.5) is 5.69 Å². The van der Waals surface area contributed by atoms with Crippen LogP contribution in [0.3, 0.4) is 0 Å².